The Kier molecular flexibility index (Phi) is 2.03. The van der Waals surface area contributed by atoms with Crippen LogP contribution in [-0.2, 0) is 13.6 Å². The summed E-state index contributed by atoms with van der Waals surface area (Å²) in [7, 11) is -4.80. The molecule has 1 aliphatic rings. The van der Waals surface area contributed by atoms with Crippen LogP contribution in [0.1, 0.15) is 0 Å². The monoisotopic (exact) mass is 176 g/mol. The SMILES string of the molecule is O=P1(F)OCC(F)C(F)O1. The molecule has 0 spiro atoms. The molecule has 1 rings (SSSR count). The minimum Gasteiger partial charge on any atom is -0.280 e. The molecule has 0 aliphatic carbocycles. The van der Waals surface area contributed by atoms with Crippen LogP contribution in [0.2, 0.25) is 0 Å². The zero-order chi connectivity index (χ0) is 7.78. The first-order chi connectivity index (χ1) is 4.51. The second-order valence-electron chi connectivity index (χ2n) is 1.70. The van der Waals surface area contributed by atoms with Gasteiger partial charge in [0.05, 0.1) is 6.61 Å². The molecule has 1 fully saturated rings. The minimum absolute atomic E-state index is 0.866. The highest BCUT2D eigenvalue weighted by Gasteiger charge is 2.40. The van der Waals surface area contributed by atoms with Crippen molar-refractivity contribution >= 4 is 7.91 Å². The molecule has 1 saturated heterocycles. The molecule has 60 valence electrons. The van der Waals surface area contributed by atoms with Crippen LogP contribution in [0.25, 0.3) is 0 Å². The Balaban J connectivity index is 2.57. The fourth-order valence-electron chi connectivity index (χ4n) is 0.453. The molecule has 0 N–H and O–H groups in total. The van der Waals surface area contributed by atoms with Gasteiger partial charge >= 0.3 is 7.91 Å². The van der Waals surface area contributed by atoms with Crippen LogP contribution in [-0.4, -0.2) is 19.1 Å². The van der Waals surface area contributed by atoms with E-state index in [0.717, 1.165) is 0 Å². The zero-order valence-electron chi connectivity index (χ0n) is 4.67. The largest absolute Gasteiger partial charge is 0.515 e. The smallest absolute Gasteiger partial charge is 0.280 e. The molecule has 3 nitrogen and oxygen atoms in total. The van der Waals surface area contributed by atoms with E-state index in [4.69, 9.17) is 0 Å². The summed E-state index contributed by atoms with van der Waals surface area (Å²) < 4.78 is 53.2. The molecule has 0 aromatic rings. The molecule has 3 atom stereocenters. The third-order valence-electron chi connectivity index (χ3n) is 0.899. The van der Waals surface area contributed by atoms with Crippen molar-refractivity contribution in [3.05, 3.63) is 0 Å². The lowest BCUT2D eigenvalue weighted by atomic mass is 10.4. The van der Waals surface area contributed by atoms with Gasteiger partial charge < -0.3 is 0 Å². The van der Waals surface area contributed by atoms with Gasteiger partial charge in [0, 0.05) is 0 Å². The molecule has 7 heteroatoms. The Labute approximate surface area is 54.8 Å². The predicted molar refractivity (Wildman–Crippen MR) is 25.5 cm³/mol. The van der Waals surface area contributed by atoms with Crippen LogP contribution in [0.5, 0.6) is 0 Å². The van der Waals surface area contributed by atoms with Crippen molar-refractivity contribution in [3.8, 4) is 0 Å². The van der Waals surface area contributed by atoms with E-state index >= 15 is 0 Å². The van der Waals surface area contributed by atoms with E-state index in [1.807, 2.05) is 0 Å². The Morgan fingerprint density at radius 3 is 2.50 bits per heavy atom. The highest BCUT2D eigenvalue weighted by Crippen LogP contribution is 2.54. The average molecular weight is 176 g/mol. The van der Waals surface area contributed by atoms with Crippen molar-refractivity contribution in [2.45, 2.75) is 12.5 Å². The van der Waals surface area contributed by atoms with E-state index in [9.17, 15) is 17.5 Å². The van der Waals surface area contributed by atoms with E-state index in [1.54, 1.807) is 0 Å². The van der Waals surface area contributed by atoms with Crippen LogP contribution in [0.3, 0.4) is 0 Å². The lowest BCUT2D eigenvalue weighted by molar-refractivity contribution is -0.0747. The minimum atomic E-state index is -4.80. The number of rotatable bonds is 0. The molecule has 10 heavy (non-hydrogen) atoms. The third-order valence-corrected chi connectivity index (χ3v) is 1.81. The van der Waals surface area contributed by atoms with Crippen molar-refractivity contribution in [2.24, 2.45) is 0 Å². The van der Waals surface area contributed by atoms with Gasteiger partial charge in [-0.1, -0.05) is 0 Å². The van der Waals surface area contributed by atoms with Gasteiger partial charge in [0.15, 0.2) is 6.17 Å². The van der Waals surface area contributed by atoms with Crippen LogP contribution in [0, 0.1) is 0 Å². The number of hydrogen-bond acceptors (Lipinski definition) is 3. The quantitative estimate of drug-likeness (QED) is 0.527. The number of alkyl halides is 2. The van der Waals surface area contributed by atoms with Crippen LogP contribution in [0.4, 0.5) is 13.0 Å². The summed E-state index contributed by atoms with van der Waals surface area (Å²) in [6, 6.07) is 0. The van der Waals surface area contributed by atoms with Gasteiger partial charge in [-0.05, 0) is 0 Å². The van der Waals surface area contributed by atoms with E-state index in [0.29, 0.717) is 0 Å². The van der Waals surface area contributed by atoms with Gasteiger partial charge in [-0.2, -0.15) is 0 Å². The Morgan fingerprint density at radius 2 is 2.10 bits per heavy atom. The first kappa shape index (κ1) is 8.04. The summed E-state index contributed by atoms with van der Waals surface area (Å²) in [5.74, 6) is 0. The Bertz CT molecular complexity index is 174. The summed E-state index contributed by atoms with van der Waals surface area (Å²) in [6.07, 6.45) is -4.54. The van der Waals surface area contributed by atoms with Crippen molar-refractivity contribution in [1.82, 2.24) is 0 Å². The van der Waals surface area contributed by atoms with Crippen LogP contribution >= 0.6 is 7.91 Å². The third kappa shape index (κ3) is 1.71. The molecule has 0 bridgehead atoms. The van der Waals surface area contributed by atoms with E-state index in [1.165, 1.54) is 0 Å². The zero-order valence-corrected chi connectivity index (χ0v) is 5.56. The predicted octanol–water partition coefficient (Wildman–Crippen LogP) is 1.74. The van der Waals surface area contributed by atoms with E-state index in [-0.39, 0.29) is 0 Å². The van der Waals surface area contributed by atoms with Gasteiger partial charge in [0.1, 0.15) is 0 Å². The van der Waals surface area contributed by atoms with Crippen LogP contribution in [0.15, 0.2) is 0 Å². The summed E-state index contributed by atoms with van der Waals surface area (Å²) in [4.78, 5) is 0. The molecule has 0 saturated carbocycles. The van der Waals surface area contributed by atoms with Crippen molar-refractivity contribution < 1.29 is 26.6 Å². The van der Waals surface area contributed by atoms with Crippen LogP contribution < -0.4 is 0 Å². The summed E-state index contributed by atoms with van der Waals surface area (Å²) in [6.45, 7) is -0.866. The number of hydrogen-bond donors (Lipinski definition) is 0. The lowest BCUT2D eigenvalue weighted by Crippen LogP contribution is -2.28. The highest BCUT2D eigenvalue weighted by molar-refractivity contribution is 7.48. The first-order valence-corrected chi connectivity index (χ1v) is 3.85. The average Bonchev–Trinajstić information content (AvgIpc) is 1.79. The van der Waals surface area contributed by atoms with Gasteiger partial charge in [-0.3, -0.25) is 4.52 Å². The lowest BCUT2D eigenvalue weighted by Gasteiger charge is -2.21. The normalized spacial score (nSPS) is 49.1. The molecule has 0 radical (unpaired) electrons. The maximum Gasteiger partial charge on any atom is 0.515 e. The summed E-state index contributed by atoms with van der Waals surface area (Å²) >= 11 is 0. The molecule has 0 aromatic carbocycles. The molecule has 0 amide bonds. The van der Waals surface area contributed by atoms with Crippen molar-refractivity contribution in [3.63, 3.8) is 0 Å². The van der Waals surface area contributed by atoms with E-state index in [2.05, 4.69) is 9.05 Å². The second kappa shape index (κ2) is 2.53. The summed E-state index contributed by atoms with van der Waals surface area (Å²) in [5.41, 5.74) is 0. The first-order valence-electron chi connectivity index (χ1n) is 2.42. The van der Waals surface area contributed by atoms with Crippen molar-refractivity contribution in [2.75, 3.05) is 6.61 Å². The Morgan fingerprint density at radius 1 is 1.50 bits per heavy atom. The molecular formula is C3H4F3O3P. The number of halogens is 3. The summed E-state index contributed by atoms with van der Waals surface area (Å²) in [5, 5.41) is 0. The fraction of sp³-hybridized carbons (Fsp3) is 1.00. The molecule has 0 aromatic heterocycles. The van der Waals surface area contributed by atoms with Gasteiger partial charge in [-0.15, -0.1) is 4.20 Å². The highest BCUT2D eigenvalue weighted by atomic mass is 31.2. The standard InChI is InChI=1S/C3H4F3O3P/c4-2-1-8-10(6,7)9-3(2)5/h2-3H,1H2. The van der Waals surface area contributed by atoms with E-state index < -0.39 is 27.0 Å². The Hall–Kier alpha value is -0.0600. The molecular weight excluding hydrogens is 172 g/mol. The molecule has 1 heterocycles. The van der Waals surface area contributed by atoms with Crippen molar-refractivity contribution in [1.29, 1.82) is 0 Å². The maximum atomic E-state index is 12.0. The topological polar surface area (TPSA) is 35.5 Å². The fourth-order valence-corrected chi connectivity index (χ4v) is 1.21. The van der Waals surface area contributed by atoms with Gasteiger partial charge in [0.2, 0.25) is 6.36 Å². The van der Waals surface area contributed by atoms with Gasteiger partial charge in [-0.25, -0.2) is 17.9 Å². The maximum absolute atomic E-state index is 12.0. The second-order valence-corrected chi connectivity index (χ2v) is 3.03. The van der Waals surface area contributed by atoms with Gasteiger partial charge in [0.25, 0.3) is 0 Å². The molecule has 1 aliphatic heterocycles. The molecule has 3 unspecified atom stereocenters.